The number of hydrazine groups is 2. The van der Waals surface area contributed by atoms with E-state index in [-0.39, 0.29) is 22.5 Å². The first-order valence-corrected chi connectivity index (χ1v) is 13.7. The lowest BCUT2D eigenvalue weighted by molar-refractivity contribution is -0.140. The topological polar surface area (TPSA) is 157 Å². The van der Waals surface area contributed by atoms with Crippen LogP contribution in [0.3, 0.4) is 0 Å². The van der Waals surface area contributed by atoms with E-state index in [0.717, 1.165) is 0 Å². The standard InChI is InChI=1S/C32H28N6O6/c1-4-37-23-16-10-8-14-21(23)27(39)25(31(37)43)18(2)33-35-29(41)30(42)36-34-19(3)26-28(40)22-15-9-11-17-24(22)38(32(26)44)20-12-6-5-7-13-20/h5-17,33-34H,4H2,1-3H3,(H,35,41)(H,36,42). The third-order valence-corrected chi connectivity index (χ3v) is 7.17. The molecule has 5 rings (SSSR count). The molecule has 0 saturated carbocycles. The second-order valence-electron chi connectivity index (χ2n) is 9.88. The molecular weight excluding hydrogens is 564 g/mol. The summed E-state index contributed by atoms with van der Waals surface area (Å²) in [6.07, 6.45) is 0. The normalized spacial score (nSPS) is 16.5. The molecular formula is C32H28N6O6. The molecule has 222 valence electrons. The van der Waals surface area contributed by atoms with Crippen molar-refractivity contribution in [2.75, 3.05) is 16.3 Å². The molecule has 2 heterocycles. The largest absolute Gasteiger partial charge is 0.329 e. The van der Waals surface area contributed by atoms with Crippen molar-refractivity contribution < 1.29 is 28.8 Å². The smallest absolute Gasteiger partial charge is 0.308 e. The fourth-order valence-corrected chi connectivity index (χ4v) is 5.04. The molecule has 0 saturated heterocycles. The highest BCUT2D eigenvalue weighted by Gasteiger charge is 2.38. The Morgan fingerprint density at radius 2 is 1.05 bits per heavy atom. The van der Waals surface area contributed by atoms with Gasteiger partial charge in [0.05, 0.1) is 11.4 Å². The summed E-state index contributed by atoms with van der Waals surface area (Å²) < 4.78 is 0. The molecule has 0 bridgehead atoms. The number of nitrogens with zero attached hydrogens (tertiary/aromatic N) is 2. The first-order valence-electron chi connectivity index (χ1n) is 13.7. The molecule has 12 nitrogen and oxygen atoms in total. The van der Waals surface area contributed by atoms with Gasteiger partial charge in [-0.05, 0) is 57.2 Å². The Morgan fingerprint density at radius 3 is 1.59 bits per heavy atom. The zero-order chi connectivity index (χ0) is 31.5. The lowest BCUT2D eigenvalue weighted by Crippen LogP contribution is -2.50. The fraction of sp³-hybridized carbons (Fsp3) is 0.125. The summed E-state index contributed by atoms with van der Waals surface area (Å²) >= 11 is 0. The summed E-state index contributed by atoms with van der Waals surface area (Å²) in [6, 6.07) is 22.2. The SMILES string of the molecule is CCN1C(=O)C(=C(C)NNC(=O)C(=O)NNC(C)=C2C(=O)c3ccccc3N(c3ccccc3)C2=O)C(=O)c2ccccc21. The van der Waals surface area contributed by atoms with Crippen molar-refractivity contribution in [1.82, 2.24) is 21.7 Å². The number of fused-ring (bicyclic) bond motifs is 2. The number of hydrogen-bond acceptors (Lipinski definition) is 8. The molecule has 0 atom stereocenters. The van der Waals surface area contributed by atoms with Crippen LogP contribution >= 0.6 is 0 Å². The molecule has 4 N–H and O–H groups in total. The van der Waals surface area contributed by atoms with Crippen molar-refractivity contribution in [1.29, 1.82) is 0 Å². The van der Waals surface area contributed by atoms with Crippen LogP contribution in [0.5, 0.6) is 0 Å². The number of carbonyl (C=O) groups excluding carboxylic acids is 6. The number of likely N-dealkylation sites (N-methyl/N-ethyl adjacent to an activating group) is 1. The Labute approximate surface area is 252 Å². The predicted molar refractivity (Wildman–Crippen MR) is 161 cm³/mol. The van der Waals surface area contributed by atoms with Gasteiger partial charge in [-0.25, -0.2) is 0 Å². The Kier molecular flexibility index (Phi) is 8.07. The highest BCUT2D eigenvalue weighted by Crippen LogP contribution is 2.36. The predicted octanol–water partition coefficient (Wildman–Crippen LogP) is 2.59. The average molecular weight is 593 g/mol. The molecule has 2 aliphatic heterocycles. The number of Topliss-reactive ketones (excluding diaryl/α,β-unsaturated/α-hetero) is 2. The minimum Gasteiger partial charge on any atom is -0.308 e. The third kappa shape index (κ3) is 5.20. The molecule has 3 aromatic carbocycles. The molecule has 0 unspecified atom stereocenters. The number of amides is 4. The number of allylic oxidation sites excluding steroid dienone is 2. The fourth-order valence-electron chi connectivity index (χ4n) is 5.04. The van der Waals surface area contributed by atoms with Crippen LogP contribution in [0.2, 0.25) is 0 Å². The van der Waals surface area contributed by atoms with Crippen molar-refractivity contribution in [3.8, 4) is 0 Å². The van der Waals surface area contributed by atoms with E-state index >= 15 is 0 Å². The van der Waals surface area contributed by atoms with E-state index in [1.165, 1.54) is 23.6 Å². The van der Waals surface area contributed by atoms with Crippen molar-refractivity contribution in [3.05, 3.63) is 113 Å². The molecule has 2 aliphatic rings. The number of hydrogen-bond donors (Lipinski definition) is 4. The maximum absolute atomic E-state index is 13.6. The van der Waals surface area contributed by atoms with Crippen LogP contribution in [0.25, 0.3) is 0 Å². The number of para-hydroxylation sites is 3. The summed E-state index contributed by atoms with van der Waals surface area (Å²) in [6.45, 7) is 4.93. The summed E-state index contributed by atoms with van der Waals surface area (Å²) in [5.41, 5.74) is 11.0. The average Bonchev–Trinajstić information content (AvgIpc) is 3.03. The van der Waals surface area contributed by atoms with Gasteiger partial charge in [-0.2, -0.15) is 0 Å². The summed E-state index contributed by atoms with van der Waals surface area (Å²) in [4.78, 5) is 81.0. The molecule has 0 radical (unpaired) electrons. The second kappa shape index (κ2) is 12.1. The van der Waals surface area contributed by atoms with Gasteiger partial charge in [0, 0.05) is 34.8 Å². The number of nitrogens with one attached hydrogen (secondary N) is 4. The van der Waals surface area contributed by atoms with Crippen molar-refractivity contribution in [2.45, 2.75) is 20.8 Å². The highest BCUT2D eigenvalue weighted by atomic mass is 16.2. The van der Waals surface area contributed by atoms with Crippen molar-refractivity contribution in [3.63, 3.8) is 0 Å². The van der Waals surface area contributed by atoms with Crippen LogP contribution < -0.4 is 31.5 Å². The van der Waals surface area contributed by atoms with Crippen LogP contribution in [-0.4, -0.2) is 41.7 Å². The molecule has 12 heteroatoms. The van der Waals surface area contributed by atoms with Gasteiger partial charge in [-0.15, -0.1) is 0 Å². The third-order valence-electron chi connectivity index (χ3n) is 7.17. The number of rotatable bonds is 6. The van der Waals surface area contributed by atoms with Gasteiger partial charge in [-0.1, -0.05) is 42.5 Å². The summed E-state index contributed by atoms with van der Waals surface area (Å²) in [5, 5.41) is 0. The number of carbonyl (C=O) groups is 6. The zero-order valence-corrected chi connectivity index (χ0v) is 24.1. The van der Waals surface area contributed by atoms with Crippen LogP contribution in [-0.2, 0) is 19.2 Å². The van der Waals surface area contributed by atoms with E-state index in [4.69, 9.17) is 0 Å². The van der Waals surface area contributed by atoms with Gasteiger partial charge < -0.3 is 15.8 Å². The Hall–Kier alpha value is -6.04. The quantitative estimate of drug-likeness (QED) is 0.147. The number of ketones is 2. The zero-order valence-electron chi connectivity index (χ0n) is 24.1. The van der Waals surface area contributed by atoms with Crippen molar-refractivity contribution in [2.24, 2.45) is 0 Å². The second-order valence-corrected chi connectivity index (χ2v) is 9.88. The van der Waals surface area contributed by atoms with Crippen LogP contribution in [0.15, 0.2) is 101 Å². The first kappa shape index (κ1) is 29.5. The molecule has 0 spiro atoms. The molecule has 0 aromatic heterocycles. The summed E-state index contributed by atoms with van der Waals surface area (Å²) in [5.74, 6) is -4.57. The van der Waals surface area contributed by atoms with E-state index in [9.17, 15) is 28.8 Å². The maximum atomic E-state index is 13.6. The van der Waals surface area contributed by atoms with Crippen LogP contribution in [0.1, 0.15) is 41.5 Å². The minimum absolute atomic E-state index is 0.0135. The maximum Gasteiger partial charge on any atom is 0.329 e. The van der Waals surface area contributed by atoms with Gasteiger partial charge >= 0.3 is 11.8 Å². The van der Waals surface area contributed by atoms with E-state index in [0.29, 0.717) is 34.7 Å². The van der Waals surface area contributed by atoms with E-state index in [1.54, 1.807) is 85.8 Å². The van der Waals surface area contributed by atoms with Gasteiger partial charge in [-0.3, -0.25) is 44.5 Å². The first-order chi connectivity index (χ1) is 21.1. The number of anilines is 3. The van der Waals surface area contributed by atoms with Crippen LogP contribution in [0.4, 0.5) is 17.1 Å². The lowest BCUT2D eigenvalue weighted by atomic mass is 9.93. The van der Waals surface area contributed by atoms with Crippen molar-refractivity contribution >= 4 is 52.3 Å². The van der Waals surface area contributed by atoms with Gasteiger partial charge in [0.1, 0.15) is 11.1 Å². The highest BCUT2D eigenvalue weighted by molar-refractivity contribution is 6.37. The van der Waals surface area contributed by atoms with E-state index < -0.39 is 35.2 Å². The molecule has 0 aliphatic carbocycles. The monoisotopic (exact) mass is 592 g/mol. The Morgan fingerprint density at radius 1 is 0.591 bits per heavy atom. The molecule has 3 aromatic rings. The molecule has 44 heavy (non-hydrogen) atoms. The van der Waals surface area contributed by atoms with Gasteiger partial charge in [0.2, 0.25) is 11.6 Å². The Balaban J connectivity index is 1.30. The van der Waals surface area contributed by atoms with Gasteiger partial charge in [0.25, 0.3) is 11.8 Å². The molecule has 0 fully saturated rings. The summed E-state index contributed by atoms with van der Waals surface area (Å²) in [7, 11) is 0. The van der Waals surface area contributed by atoms with E-state index in [2.05, 4.69) is 21.7 Å². The van der Waals surface area contributed by atoms with Crippen LogP contribution in [0, 0.1) is 0 Å². The minimum atomic E-state index is -1.17. The lowest BCUT2D eigenvalue weighted by Gasteiger charge is -2.31. The van der Waals surface area contributed by atoms with Gasteiger partial charge in [0.15, 0.2) is 0 Å². The number of benzene rings is 3. The Bertz CT molecular complexity index is 1800. The molecule has 4 amide bonds. The van der Waals surface area contributed by atoms with E-state index in [1.807, 2.05) is 0 Å².